The number of amides is 1. The Morgan fingerprint density at radius 2 is 2.00 bits per heavy atom. The zero-order chi connectivity index (χ0) is 16.9. The summed E-state index contributed by atoms with van der Waals surface area (Å²) < 4.78 is 13.0. The Hall–Kier alpha value is -2.34. The molecule has 0 saturated carbocycles. The summed E-state index contributed by atoms with van der Waals surface area (Å²) in [6.07, 6.45) is 2.78. The van der Waals surface area contributed by atoms with Crippen molar-refractivity contribution in [2.75, 3.05) is 12.0 Å². The number of para-hydroxylation sites is 2. The molecule has 1 amide bonds. The number of thioether (sulfide) groups is 1. The third kappa shape index (κ3) is 3.76. The number of nitrogens with one attached hydrogen (secondary N) is 2. The molecule has 3 aromatic rings. The lowest BCUT2D eigenvalue weighted by molar-refractivity contribution is 0.0934. The number of hydrogen-bond donors (Lipinski definition) is 2. The average Bonchev–Trinajstić information content (AvgIpc) is 3.03. The third-order valence-electron chi connectivity index (χ3n) is 3.76. The van der Waals surface area contributed by atoms with Crippen LogP contribution in [-0.4, -0.2) is 27.9 Å². The molecule has 1 heterocycles. The SMILES string of the molecule is CSCC[C@H](NC(=O)c1ccc(F)cc1)c1nc2ccccc2[nH]1. The molecule has 1 atom stereocenters. The maximum absolute atomic E-state index is 13.0. The van der Waals surface area contributed by atoms with Crippen LogP contribution in [0, 0.1) is 5.82 Å². The fraction of sp³-hybridized carbons (Fsp3) is 0.222. The van der Waals surface area contributed by atoms with Crippen molar-refractivity contribution in [2.45, 2.75) is 12.5 Å². The van der Waals surface area contributed by atoms with E-state index < -0.39 is 0 Å². The number of hydrogen-bond acceptors (Lipinski definition) is 3. The zero-order valence-corrected chi connectivity index (χ0v) is 14.1. The smallest absolute Gasteiger partial charge is 0.251 e. The van der Waals surface area contributed by atoms with Gasteiger partial charge in [-0.25, -0.2) is 9.37 Å². The molecule has 0 unspecified atom stereocenters. The quantitative estimate of drug-likeness (QED) is 0.713. The Kier molecular flexibility index (Phi) is 5.15. The van der Waals surface area contributed by atoms with E-state index in [0.717, 1.165) is 29.0 Å². The van der Waals surface area contributed by atoms with Gasteiger partial charge in [-0.05, 0) is 54.8 Å². The first kappa shape index (κ1) is 16.5. The molecule has 1 aromatic heterocycles. The van der Waals surface area contributed by atoms with E-state index in [9.17, 15) is 9.18 Å². The van der Waals surface area contributed by atoms with Gasteiger partial charge in [0.15, 0.2) is 0 Å². The fourth-order valence-electron chi connectivity index (χ4n) is 2.49. The first-order valence-electron chi connectivity index (χ1n) is 7.67. The van der Waals surface area contributed by atoms with E-state index in [1.807, 2.05) is 30.5 Å². The normalized spacial score (nSPS) is 12.2. The second-order valence-corrected chi connectivity index (χ2v) is 6.44. The van der Waals surface area contributed by atoms with Crippen molar-refractivity contribution in [1.29, 1.82) is 0 Å². The van der Waals surface area contributed by atoms with Crippen molar-refractivity contribution >= 4 is 28.7 Å². The Morgan fingerprint density at radius 1 is 1.25 bits per heavy atom. The lowest BCUT2D eigenvalue weighted by atomic mass is 10.1. The molecule has 2 N–H and O–H groups in total. The van der Waals surface area contributed by atoms with Gasteiger partial charge in [0.2, 0.25) is 0 Å². The third-order valence-corrected chi connectivity index (χ3v) is 4.40. The summed E-state index contributed by atoms with van der Waals surface area (Å²) in [4.78, 5) is 20.3. The van der Waals surface area contributed by atoms with Crippen molar-refractivity contribution in [2.24, 2.45) is 0 Å². The van der Waals surface area contributed by atoms with Gasteiger partial charge in [0.25, 0.3) is 5.91 Å². The van der Waals surface area contributed by atoms with E-state index in [-0.39, 0.29) is 17.8 Å². The standard InChI is InChI=1S/C18H18FN3OS/c1-24-11-10-16(17-20-14-4-2-3-5-15(14)21-17)22-18(23)12-6-8-13(19)9-7-12/h2-9,16H,10-11H2,1H3,(H,20,21)(H,22,23)/t16-/m0/s1. The van der Waals surface area contributed by atoms with Gasteiger partial charge in [0.05, 0.1) is 17.1 Å². The van der Waals surface area contributed by atoms with Crippen LogP contribution in [0.25, 0.3) is 11.0 Å². The molecular formula is C18H18FN3OS. The van der Waals surface area contributed by atoms with Gasteiger partial charge in [-0.15, -0.1) is 0 Å². The lowest BCUT2D eigenvalue weighted by Gasteiger charge is -2.16. The van der Waals surface area contributed by atoms with Crippen LogP contribution in [0.1, 0.15) is 28.6 Å². The van der Waals surface area contributed by atoms with Gasteiger partial charge in [0.1, 0.15) is 11.6 Å². The summed E-state index contributed by atoms with van der Waals surface area (Å²) >= 11 is 1.71. The minimum Gasteiger partial charge on any atom is -0.342 e. The molecular weight excluding hydrogens is 325 g/mol. The number of halogens is 1. The van der Waals surface area contributed by atoms with Crippen LogP contribution >= 0.6 is 11.8 Å². The summed E-state index contributed by atoms with van der Waals surface area (Å²) in [5, 5.41) is 3.00. The van der Waals surface area contributed by atoms with E-state index in [4.69, 9.17) is 0 Å². The number of imidazole rings is 1. The number of carbonyl (C=O) groups is 1. The first-order chi connectivity index (χ1) is 11.7. The number of nitrogens with zero attached hydrogens (tertiary/aromatic N) is 1. The minimum absolute atomic E-state index is 0.220. The molecule has 6 heteroatoms. The second kappa shape index (κ2) is 7.49. The highest BCUT2D eigenvalue weighted by atomic mass is 32.2. The molecule has 2 aromatic carbocycles. The fourth-order valence-corrected chi connectivity index (χ4v) is 2.96. The molecule has 0 bridgehead atoms. The maximum Gasteiger partial charge on any atom is 0.251 e. The highest BCUT2D eigenvalue weighted by molar-refractivity contribution is 7.98. The van der Waals surface area contributed by atoms with Crippen LogP contribution < -0.4 is 5.32 Å². The molecule has 0 radical (unpaired) electrons. The molecule has 0 spiro atoms. The van der Waals surface area contributed by atoms with Gasteiger partial charge in [-0.2, -0.15) is 11.8 Å². The summed E-state index contributed by atoms with van der Waals surface area (Å²) in [7, 11) is 0. The van der Waals surface area contributed by atoms with E-state index in [0.29, 0.717) is 5.56 Å². The summed E-state index contributed by atoms with van der Waals surface area (Å²) in [6.45, 7) is 0. The molecule has 3 rings (SSSR count). The van der Waals surface area contributed by atoms with Gasteiger partial charge in [0, 0.05) is 5.56 Å². The Bertz CT molecular complexity index is 799. The van der Waals surface area contributed by atoms with E-state index in [1.165, 1.54) is 24.3 Å². The summed E-state index contributed by atoms with van der Waals surface area (Å²) in [6, 6.07) is 13.1. The van der Waals surface area contributed by atoms with E-state index in [2.05, 4.69) is 15.3 Å². The number of aromatic amines is 1. The van der Waals surface area contributed by atoms with Crippen molar-refractivity contribution in [3.63, 3.8) is 0 Å². The molecule has 0 aliphatic carbocycles. The van der Waals surface area contributed by atoms with E-state index >= 15 is 0 Å². The Balaban J connectivity index is 1.83. The van der Waals surface area contributed by atoms with Gasteiger partial charge < -0.3 is 10.3 Å². The molecule has 0 aliphatic rings. The topological polar surface area (TPSA) is 57.8 Å². The number of carbonyl (C=O) groups excluding carboxylic acids is 1. The van der Waals surface area contributed by atoms with Gasteiger partial charge in [-0.3, -0.25) is 4.79 Å². The van der Waals surface area contributed by atoms with Crippen LogP contribution in [0.5, 0.6) is 0 Å². The molecule has 4 nitrogen and oxygen atoms in total. The van der Waals surface area contributed by atoms with Crippen molar-refractivity contribution < 1.29 is 9.18 Å². The molecule has 0 aliphatic heterocycles. The average molecular weight is 343 g/mol. The lowest BCUT2D eigenvalue weighted by Crippen LogP contribution is -2.29. The van der Waals surface area contributed by atoms with Crippen LogP contribution in [0.2, 0.25) is 0 Å². The monoisotopic (exact) mass is 343 g/mol. The maximum atomic E-state index is 13.0. The van der Waals surface area contributed by atoms with Gasteiger partial charge in [-0.1, -0.05) is 12.1 Å². The number of aromatic nitrogens is 2. The molecule has 0 fully saturated rings. The van der Waals surface area contributed by atoms with Crippen LogP contribution in [-0.2, 0) is 0 Å². The van der Waals surface area contributed by atoms with Crippen LogP contribution in [0.15, 0.2) is 48.5 Å². The highest BCUT2D eigenvalue weighted by Gasteiger charge is 2.19. The molecule has 124 valence electrons. The largest absolute Gasteiger partial charge is 0.342 e. The number of fused-ring (bicyclic) bond motifs is 1. The van der Waals surface area contributed by atoms with Crippen LogP contribution in [0.4, 0.5) is 4.39 Å². The molecule has 0 saturated heterocycles. The van der Waals surface area contributed by atoms with Crippen molar-refractivity contribution in [3.8, 4) is 0 Å². The summed E-state index contributed by atoms with van der Waals surface area (Å²) in [5.41, 5.74) is 2.25. The van der Waals surface area contributed by atoms with Crippen molar-refractivity contribution in [3.05, 3.63) is 65.7 Å². The van der Waals surface area contributed by atoms with Crippen LogP contribution in [0.3, 0.4) is 0 Å². The van der Waals surface area contributed by atoms with Crippen molar-refractivity contribution in [1.82, 2.24) is 15.3 Å². The Morgan fingerprint density at radius 3 is 2.71 bits per heavy atom. The highest BCUT2D eigenvalue weighted by Crippen LogP contribution is 2.20. The van der Waals surface area contributed by atoms with Gasteiger partial charge >= 0.3 is 0 Å². The predicted octanol–water partition coefficient (Wildman–Crippen LogP) is 3.93. The first-order valence-corrected chi connectivity index (χ1v) is 9.07. The number of H-pyrrole nitrogens is 1. The summed E-state index contributed by atoms with van der Waals surface area (Å²) in [5.74, 6) is 1.04. The molecule has 24 heavy (non-hydrogen) atoms. The Labute approximate surface area is 143 Å². The predicted molar refractivity (Wildman–Crippen MR) is 95.7 cm³/mol. The second-order valence-electron chi connectivity index (χ2n) is 5.45. The number of benzene rings is 2. The number of rotatable bonds is 6. The zero-order valence-electron chi connectivity index (χ0n) is 13.3. The van der Waals surface area contributed by atoms with E-state index in [1.54, 1.807) is 11.8 Å². The minimum atomic E-state index is -0.359.